The Hall–Kier alpha value is -3.89. The van der Waals surface area contributed by atoms with Crippen molar-refractivity contribution in [2.24, 2.45) is 0 Å². The first-order valence-electron chi connectivity index (χ1n) is 12.9. The van der Waals surface area contributed by atoms with Crippen molar-refractivity contribution in [2.75, 3.05) is 19.6 Å². The van der Waals surface area contributed by atoms with E-state index in [-0.39, 0.29) is 29.9 Å². The number of benzene rings is 2. The van der Waals surface area contributed by atoms with Crippen LogP contribution in [0, 0.1) is 0 Å². The molecule has 0 bridgehead atoms. The van der Waals surface area contributed by atoms with Crippen molar-refractivity contribution < 1.29 is 29.1 Å². The minimum Gasteiger partial charge on any atom is -0.385 e. The van der Waals surface area contributed by atoms with Crippen LogP contribution in [0.1, 0.15) is 74.8 Å². The molecule has 0 spiro atoms. The standard InChI is InChI=1S/C28H30N4O6/c1-2-29-24(34)18-5-3-17(4-6-18)16-31-13-11-28(38,12-14-31)19-7-8-20-21(15-19)27(37)32(26(20)36)22-9-10-23(33)30-25(22)35/h3-8,15,22,38H,2,9-14,16H2,1H3,(H,29,34)(H,30,33,35). The van der Waals surface area contributed by atoms with Gasteiger partial charge in [0.05, 0.1) is 16.7 Å². The number of imide groups is 2. The minimum atomic E-state index is -1.15. The van der Waals surface area contributed by atoms with Gasteiger partial charge in [-0.15, -0.1) is 0 Å². The van der Waals surface area contributed by atoms with E-state index in [2.05, 4.69) is 15.5 Å². The maximum Gasteiger partial charge on any atom is 0.262 e. The fourth-order valence-electron chi connectivity index (χ4n) is 5.41. The topological polar surface area (TPSA) is 136 Å². The molecule has 0 radical (unpaired) electrons. The molecule has 5 amide bonds. The molecule has 0 aliphatic carbocycles. The average Bonchev–Trinajstić information content (AvgIpc) is 3.15. The Kier molecular flexibility index (Phi) is 6.85. The van der Waals surface area contributed by atoms with Gasteiger partial charge in [-0.3, -0.25) is 39.1 Å². The summed E-state index contributed by atoms with van der Waals surface area (Å²) >= 11 is 0. The highest BCUT2D eigenvalue weighted by molar-refractivity contribution is 6.23. The van der Waals surface area contributed by atoms with Gasteiger partial charge in [0.15, 0.2) is 0 Å². The summed E-state index contributed by atoms with van der Waals surface area (Å²) in [5.74, 6) is -2.32. The maximum atomic E-state index is 13.2. The third kappa shape index (κ3) is 4.72. The average molecular weight is 519 g/mol. The van der Waals surface area contributed by atoms with E-state index < -0.39 is 35.3 Å². The van der Waals surface area contributed by atoms with Crippen molar-refractivity contribution in [3.05, 3.63) is 70.3 Å². The Labute approximate surface area is 220 Å². The van der Waals surface area contributed by atoms with Gasteiger partial charge in [0.2, 0.25) is 11.8 Å². The van der Waals surface area contributed by atoms with Crippen molar-refractivity contribution in [3.63, 3.8) is 0 Å². The summed E-state index contributed by atoms with van der Waals surface area (Å²) in [6, 6.07) is 11.2. The molecule has 5 rings (SSSR count). The minimum absolute atomic E-state index is 0.0592. The van der Waals surface area contributed by atoms with Crippen LogP contribution in [0.4, 0.5) is 0 Å². The number of hydrogen-bond donors (Lipinski definition) is 3. The number of aliphatic hydroxyl groups is 1. The van der Waals surface area contributed by atoms with Crippen LogP contribution in [0.2, 0.25) is 0 Å². The molecule has 2 saturated heterocycles. The van der Waals surface area contributed by atoms with Gasteiger partial charge in [-0.1, -0.05) is 18.2 Å². The molecular formula is C28H30N4O6. The van der Waals surface area contributed by atoms with Gasteiger partial charge in [0, 0.05) is 38.2 Å². The summed E-state index contributed by atoms with van der Waals surface area (Å²) in [6.07, 6.45) is 1.05. The maximum absolute atomic E-state index is 13.2. The number of fused-ring (bicyclic) bond motifs is 1. The zero-order valence-electron chi connectivity index (χ0n) is 21.2. The molecule has 2 aromatic carbocycles. The first-order valence-corrected chi connectivity index (χ1v) is 12.9. The highest BCUT2D eigenvalue weighted by Gasteiger charge is 2.45. The Morgan fingerprint density at radius 2 is 1.71 bits per heavy atom. The number of nitrogens with zero attached hydrogens (tertiary/aromatic N) is 2. The predicted molar refractivity (Wildman–Crippen MR) is 136 cm³/mol. The lowest BCUT2D eigenvalue weighted by molar-refractivity contribution is -0.136. The van der Waals surface area contributed by atoms with Gasteiger partial charge >= 0.3 is 0 Å². The third-order valence-electron chi connectivity index (χ3n) is 7.62. The van der Waals surface area contributed by atoms with E-state index in [0.29, 0.717) is 50.1 Å². The van der Waals surface area contributed by atoms with Gasteiger partial charge in [0.1, 0.15) is 6.04 Å². The van der Waals surface area contributed by atoms with Gasteiger partial charge in [-0.05, 0) is 61.6 Å². The zero-order valence-corrected chi connectivity index (χ0v) is 21.2. The molecule has 3 heterocycles. The van der Waals surface area contributed by atoms with Crippen LogP contribution in [-0.2, 0) is 21.7 Å². The molecule has 1 unspecified atom stereocenters. The molecule has 3 aliphatic rings. The lowest BCUT2D eigenvalue weighted by atomic mass is 9.83. The van der Waals surface area contributed by atoms with Crippen LogP contribution in [0.25, 0.3) is 0 Å². The van der Waals surface area contributed by atoms with Crippen molar-refractivity contribution in [1.82, 2.24) is 20.4 Å². The van der Waals surface area contributed by atoms with E-state index in [0.717, 1.165) is 10.5 Å². The summed E-state index contributed by atoms with van der Waals surface area (Å²) in [6.45, 7) is 4.38. The second-order valence-electron chi connectivity index (χ2n) is 10.1. The number of carbonyl (C=O) groups excluding carboxylic acids is 5. The molecule has 2 aromatic rings. The largest absolute Gasteiger partial charge is 0.385 e. The van der Waals surface area contributed by atoms with Crippen LogP contribution in [0.3, 0.4) is 0 Å². The van der Waals surface area contributed by atoms with Gasteiger partial charge in [0.25, 0.3) is 17.7 Å². The first-order chi connectivity index (χ1) is 18.2. The number of hydrogen-bond acceptors (Lipinski definition) is 7. The normalized spacial score (nSPS) is 21.3. The van der Waals surface area contributed by atoms with Crippen LogP contribution in [0.15, 0.2) is 42.5 Å². The zero-order chi connectivity index (χ0) is 27.0. The monoisotopic (exact) mass is 518 g/mol. The van der Waals surface area contributed by atoms with E-state index >= 15 is 0 Å². The Balaban J connectivity index is 1.25. The molecule has 0 saturated carbocycles. The summed E-state index contributed by atoms with van der Waals surface area (Å²) in [4.78, 5) is 65.0. The summed E-state index contributed by atoms with van der Waals surface area (Å²) in [5.41, 5.74) is 1.45. The second-order valence-corrected chi connectivity index (χ2v) is 10.1. The third-order valence-corrected chi connectivity index (χ3v) is 7.62. The van der Waals surface area contributed by atoms with E-state index in [4.69, 9.17) is 0 Å². The Morgan fingerprint density at radius 3 is 2.37 bits per heavy atom. The van der Waals surface area contributed by atoms with Gasteiger partial charge in [-0.25, -0.2) is 0 Å². The molecule has 3 N–H and O–H groups in total. The Bertz CT molecular complexity index is 1310. The highest BCUT2D eigenvalue weighted by atomic mass is 16.3. The van der Waals surface area contributed by atoms with E-state index in [1.54, 1.807) is 12.1 Å². The van der Waals surface area contributed by atoms with Gasteiger partial charge < -0.3 is 10.4 Å². The molecule has 38 heavy (non-hydrogen) atoms. The predicted octanol–water partition coefficient (Wildman–Crippen LogP) is 1.32. The fraction of sp³-hybridized carbons (Fsp3) is 0.393. The number of amides is 5. The number of carbonyl (C=O) groups is 5. The van der Waals surface area contributed by atoms with Crippen molar-refractivity contribution >= 4 is 29.5 Å². The van der Waals surface area contributed by atoms with Crippen LogP contribution < -0.4 is 10.6 Å². The van der Waals surface area contributed by atoms with E-state index in [1.807, 2.05) is 31.2 Å². The fourth-order valence-corrected chi connectivity index (χ4v) is 5.41. The van der Waals surface area contributed by atoms with E-state index in [1.165, 1.54) is 6.07 Å². The number of piperidine rings is 2. The number of rotatable bonds is 6. The smallest absolute Gasteiger partial charge is 0.262 e. The lowest BCUT2D eigenvalue weighted by Crippen LogP contribution is -2.54. The molecule has 2 fully saturated rings. The molecule has 10 nitrogen and oxygen atoms in total. The van der Waals surface area contributed by atoms with Crippen LogP contribution >= 0.6 is 0 Å². The first kappa shape index (κ1) is 25.7. The van der Waals surface area contributed by atoms with E-state index in [9.17, 15) is 29.1 Å². The van der Waals surface area contributed by atoms with Crippen LogP contribution in [0.5, 0.6) is 0 Å². The summed E-state index contributed by atoms with van der Waals surface area (Å²) < 4.78 is 0. The quantitative estimate of drug-likeness (QED) is 0.491. The molecule has 1 atom stereocenters. The molecule has 198 valence electrons. The summed E-state index contributed by atoms with van der Waals surface area (Å²) in [7, 11) is 0. The van der Waals surface area contributed by atoms with Crippen molar-refractivity contribution in [2.45, 2.75) is 50.8 Å². The number of likely N-dealkylation sites (tertiary alicyclic amines) is 1. The highest BCUT2D eigenvalue weighted by Crippen LogP contribution is 2.36. The molecular weight excluding hydrogens is 488 g/mol. The van der Waals surface area contributed by atoms with Crippen molar-refractivity contribution in [1.29, 1.82) is 0 Å². The van der Waals surface area contributed by atoms with Gasteiger partial charge in [-0.2, -0.15) is 0 Å². The molecule has 3 aliphatic heterocycles. The molecule has 10 heteroatoms. The Morgan fingerprint density at radius 1 is 1.03 bits per heavy atom. The summed E-state index contributed by atoms with van der Waals surface area (Å²) in [5, 5.41) is 16.4. The SMILES string of the molecule is CCNC(=O)c1ccc(CN2CCC(O)(c3ccc4c(c3)C(=O)N(C3CCC(=O)NC3=O)C4=O)CC2)cc1. The second kappa shape index (κ2) is 10.1. The van der Waals surface area contributed by atoms with Crippen molar-refractivity contribution in [3.8, 4) is 0 Å². The number of nitrogens with one attached hydrogen (secondary N) is 2. The van der Waals surface area contributed by atoms with Crippen LogP contribution in [-0.4, -0.2) is 70.1 Å². The lowest BCUT2D eigenvalue weighted by Gasteiger charge is -2.38. The molecule has 0 aromatic heterocycles.